The van der Waals surface area contributed by atoms with Crippen LogP contribution in [0.2, 0.25) is 0 Å². The Hall–Kier alpha value is -3.27. The fourth-order valence-corrected chi connectivity index (χ4v) is 3.50. The monoisotopic (exact) mass is 557 g/mol. The summed E-state index contributed by atoms with van der Waals surface area (Å²) in [7, 11) is 1.77. The van der Waals surface area contributed by atoms with Gasteiger partial charge < -0.3 is 24.9 Å². The topological polar surface area (TPSA) is 83.6 Å². The molecule has 1 amide bonds. The minimum atomic E-state index is -0.265. The average molecular weight is 557 g/mol. The van der Waals surface area contributed by atoms with Crippen LogP contribution in [-0.2, 0) is 13.1 Å². The molecule has 0 saturated heterocycles. The normalized spacial score (nSPS) is 11.1. The number of aliphatic imine (C=N–C) groups is 1. The van der Waals surface area contributed by atoms with Gasteiger partial charge in [-0.25, -0.2) is 0 Å². The van der Waals surface area contributed by atoms with Crippen LogP contribution >= 0.6 is 24.0 Å². The maximum absolute atomic E-state index is 12.0. The van der Waals surface area contributed by atoms with Crippen molar-refractivity contribution in [3.8, 4) is 0 Å². The molecule has 4 rings (SSSR count). The Bertz CT molecular complexity index is 1180. The van der Waals surface area contributed by atoms with Crippen molar-refractivity contribution >= 4 is 52.4 Å². The smallest absolute Gasteiger partial charge is 0.291 e. The van der Waals surface area contributed by atoms with Crippen LogP contribution in [0.3, 0.4) is 0 Å². The standard InChI is InChI=1S/C25H27N5O2.HI/c1-26-25(27-14-5-15-30-16-13-20-6-2-3-7-22(20)30)28-18-19-9-11-21(12-10-19)29-24(31)23-8-4-17-32-23;/h2-4,6-13,16-17H,5,14-15,18H2,1H3,(H,29,31)(H2,26,27,28);1H. The number of nitrogens with zero attached hydrogens (tertiary/aromatic N) is 2. The molecule has 0 atom stereocenters. The van der Waals surface area contributed by atoms with Crippen molar-refractivity contribution in [2.75, 3.05) is 18.9 Å². The van der Waals surface area contributed by atoms with Crippen molar-refractivity contribution in [3.63, 3.8) is 0 Å². The maximum Gasteiger partial charge on any atom is 0.291 e. The van der Waals surface area contributed by atoms with Crippen LogP contribution < -0.4 is 16.0 Å². The largest absolute Gasteiger partial charge is 0.459 e. The fourth-order valence-electron chi connectivity index (χ4n) is 3.50. The number of benzene rings is 2. The van der Waals surface area contributed by atoms with Crippen molar-refractivity contribution in [2.24, 2.45) is 4.99 Å². The first kappa shape index (κ1) is 24.4. The van der Waals surface area contributed by atoms with E-state index >= 15 is 0 Å². The molecule has 8 heteroatoms. The van der Waals surface area contributed by atoms with Gasteiger partial charge in [0.15, 0.2) is 11.7 Å². The zero-order valence-corrected chi connectivity index (χ0v) is 20.8. The number of furan rings is 1. The number of fused-ring (bicyclic) bond motifs is 1. The summed E-state index contributed by atoms with van der Waals surface area (Å²) in [6.45, 7) is 2.40. The number of anilines is 1. The number of rotatable bonds is 8. The van der Waals surface area contributed by atoms with Gasteiger partial charge in [0, 0.05) is 44.1 Å². The van der Waals surface area contributed by atoms with E-state index in [4.69, 9.17) is 4.42 Å². The van der Waals surface area contributed by atoms with E-state index in [0.717, 1.165) is 36.7 Å². The molecule has 0 spiro atoms. The van der Waals surface area contributed by atoms with Crippen LogP contribution in [0.5, 0.6) is 0 Å². The molecule has 0 aliphatic rings. The van der Waals surface area contributed by atoms with Crippen LogP contribution in [0, 0.1) is 0 Å². The molecule has 2 heterocycles. The Balaban J connectivity index is 0.00000306. The summed E-state index contributed by atoms with van der Waals surface area (Å²) in [5, 5.41) is 10.8. The molecule has 172 valence electrons. The molecule has 0 radical (unpaired) electrons. The highest BCUT2D eigenvalue weighted by Crippen LogP contribution is 2.15. The Labute approximate surface area is 210 Å². The number of guanidine groups is 1. The van der Waals surface area contributed by atoms with Crippen molar-refractivity contribution in [1.29, 1.82) is 0 Å². The summed E-state index contributed by atoms with van der Waals surface area (Å²) in [5.74, 6) is 0.784. The van der Waals surface area contributed by atoms with E-state index in [1.165, 1.54) is 17.2 Å². The number of nitrogens with one attached hydrogen (secondary N) is 3. The van der Waals surface area contributed by atoms with Crippen molar-refractivity contribution < 1.29 is 9.21 Å². The second-order valence-corrected chi connectivity index (χ2v) is 7.40. The molecular formula is C25H28IN5O2. The summed E-state index contributed by atoms with van der Waals surface area (Å²) in [6, 6.07) is 21.6. The second-order valence-electron chi connectivity index (χ2n) is 7.40. The zero-order chi connectivity index (χ0) is 22.2. The SMILES string of the molecule is CN=C(NCCCn1ccc2ccccc21)NCc1ccc(NC(=O)c2ccco2)cc1.I. The molecule has 0 aliphatic heterocycles. The minimum absolute atomic E-state index is 0. The highest BCUT2D eigenvalue weighted by molar-refractivity contribution is 14.0. The molecule has 2 aromatic carbocycles. The molecule has 0 fully saturated rings. The molecule has 4 aromatic rings. The first-order chi connectivity index (χ1) is 15.7. The van der Waals surface area contributed by atoms with Gasteiger partial charge in [0.05, 0.1) is 6.26 Å². The first-order valence-corrected chi connectivity index (χ1v) is 10.6. The van der Waals surface area contributed by atoms with Crippen LogP contribution in [0.4, 0.5) is 5.69 Å². The Morgan fingerprint density at radius 2 is 1.82 bits per heavy atom. The van der Waals surface area contributed by atoms with Gasteiger partial charge in [-0.15, -0.1) is 24.0 Å². The van der Waals surface area contributed by atoms with Gasteiger partial charge in [-0.3, -0.25) is 9.79 Å². The van der Waals surface area contributed by atoms with Gasteiger partial charge in [-0.2, -0.15) is 0 Å². The zero-order valence-electron chi connectivity index (χ0n) is 18.5. The lowest BCUT2D eigenvalue weighted by Gasteiger charge is -2.13. The van der Waals surface area contributed by atoms with Crippen LogP contribution in [-0.4, -0.2) is 30.0 Å². The minimum Gasteiger partial charge on any atom is -0.459 e. The molecule has 0 bridgehead atoms. The number of aryl methyl sites for hydroxylation is 1. The van der Waals surface area contributed by atoms with Gasteiger partial charge in [-0.05, 0) is 53.8 Å². The average Bonchev–Trinajstić information content (AvgIpc) is 3.50. The summed E-state index contributed by atoms with van der Waals surface area (Å²) in [6.07, 6.45) is 4.61. The fraction of sp³-hybridized carbons (Fsp3) is 0.200. The Kier molecular flexibility index (Phi) is 8.94. The van der Waals surface area contributed by atoms with Gasteiger partial charge >= 0.3 is 0 Å². The number of halogens is 1. The van der Waals surface area contributed by atoms with Crippen LogP contribution in [0.15, 0.2) is 88.6 Å². The number of carbonyl (C=O) groups excluding carboxylic acids is 1. The Morgan fingerprint density at radius 3 is 2.58 bits per heavy atom. The highest BCUT2D eigenvalue weighted by Gasteiger charge is 2.08. The molecule has 0 unspecified atom stereocenters. The number of para-hydroxylation sites is 1. The van der Waals surface area contributed by atoms with E-state index in [2.05, 4.69) is 62.0 Å². The third kappa shape index (κ3) is 6.61. The molecule has 0 aliphatic carbocycles. The number of amides is 1. The lowest BCUT2D eigenvalue weighted by molar-refractivity contribution is 0.0996. The molecule has 3 N–H and O–H groups in total. The predicted octanol–water partition coefficient (Wildman–Crippen LogP) is 4.86. The van der Waals surface area contributed by atoms with Gasteiger partial charge in [0.25, 0.3) is 5.91 Å². The second kappa shape index (κ2) is 12.1. The lowest BCUT2D eigenvalue weighted by atomic mass is 10.2. The molecule has 2 aromatic heterocycles. The highest BCUT2D eigenvalue weighted by atomic mass is 127. The summed E-state index contributed by atoms with van der Waals surface area (Å²) >= 11 is 0. The molecule has 33 heavy (non-hydrogen) atoms. The maximum atomic E-state index is 12.0. The van der Waals surface area contributed by atoms with Crippen LogP contribution in [0.25, 0.3) is 10.9 Å². The van der Waals surface area contributed by atoms with Crippen molar-refractivity contribution in [2.45, 2.75) is 19.5 Å². The number of hydrogen-bond acceptors (Lipinski definition) is 3. The lowest BCUT2D eigenvalue weighted by Crippen LogP contribution is -2.37. The number of aromatic nitrogens is 1. The quantitative estimate of drug-likeness (QED) is 0.125. The van der Waals surface area contributed by atoms with Crippen LogP contribution in [0.1, 0.15) is 22.5 Å². The molecular weight excluding hydrogens is 529 g/mol. The van der Waals surface area contributed by atoms with Gasteiger partial charge in [0.1, 0.15) is 0 Å². The number of carbonyl (C=O) groups is 1. The van der Waals surface area contributed by atoms with Gasteiger partial charge in [0.2, 0.25) is 0 Å². The van der Waals surface area contributed by atoms with E-state index in [1.54, 1.807) is 19.2 Å². The summed E-state index contributed by atoms with van der Waals surface area (Å²) in [5.41, 5.74) is 3.07. The first-order valence-electron chi connectivity index (χ1n) is 10.6. The van der Waals surface area contributed by atoms with Crippen molar-refractivity contribution in [3.05, 3.63) is 90.5 Å². The van der Waals surface area contributed by atoms with E-state index in [0.29, 0.717) is 6.54 Å². The molecule has 7 nitrogen and oxygen atoms in total. The van der Waals surface area contributed by atoms with Gasteiger partial charge in [-0.1, -0.05) is 30.3 Å². The van der Waals surface area contributed by atoms with Crippen molar-refractivity contribution in [1.82, 2.24) is 15.2 Å². The summed E-state index contributed by atoms with van der Waals surface area (Å²) < 4.78 is 7.38. The summed E-state index contributed by atoms with van der Waals surface area (Å²) in [4.78, 5) is 16.3. The number of hydrogen-bond donors (Lipinski definition) is 3. The predicted molar refractivity (Wildman–Crippen MR) is 143 cm³/mol. The third-order valence-corrected chi connectivity index (χ3v) is 5.19. The van der Waals surface area contributed by atoms with E-state index in [1.807, 2.05) is 24.3 Å². The van der Waals surface area contributed by atoms with E-state index < -0.39 is 0 Å². The van der Waals surface area contributed by atoms with E-state index in [-0.39, 0.29) is 35.6 Å². The van der Waals surface area contributed by atoms with E-state index in [9.17, 15) is 4.79 Å². The third-order valence-electron chi connectivity index (χ3n) is 5.19. The Morgan fingerprint density at radius 1 is 1.00 bits per heavy atom. The molecule has 0 saturated carbocycles.